The van der Waals surface area contributed by atoms with Crippen molar-refractivity contribution in [2.45, 2.75) is 52.4 Å². The summed E-state index contributed by atoms with van der Waals surface area (Å²) in [5.41, 5.74) is 0. The van der Waals surface area contributed by atoms with Crippen LogP contribution in [0.2, 0.25) is 0 Å². The van der Waals surface area contributed by atoms with Gasteiger partial charge in [-0.05, 0) is 35.7 Å². The summed E-state index contributed by atoms with van der Waals surface area (Å²) in [5.74, 6) is 2.00. The molecule has 0 amide bonds. The molecule has 0 atom stereocenters. The van der Waals surface area contributed by atoms with Gasteiger partial charge in [-0.1, -0.05) is 39.5 Å². The van der Waals surface area contributed by atoms with E-state index in [0.29, 0.717) is 0 Å². The Morgan fingerprint density at radius 1 is 0.727 bits per heavy atom. The molecule has 2 aromatic heterocycles. The van der Waals surface area contributed by atoms with E-state index in [2.05, 4.69) is 36.7 Å². The van der Waals surface area contributed by atoms with Crippen molar-refractivity contribution in [3.8, 4) is 21.3 Å². The van der Waals surface area contributed by atoms with Gasteiger partial charge in [0.15, 0.2) is 0 Å². The van der Waals surface area contributed by atoms with Gasteiger partial charge in [0.1, 0.15) is 11.5 Å². The summed E-state index contributed by atoms with van der Waals surface area (Å²) in [6, 6.07) is 4.15. The van der Waals surface area contributed by atoms with Gasteiger partial charge in [-0.3, -0.25) is 0 Å². The lowest BCUT2D eigenvalue weighted by molar-refractivity contribution is 0.305. The van der Waals surface area contributed by atoms with Gasteiger partial charge in [0.05, 0.1) is 23.0 Å². The second kappa shape index (κ2) is 9.90. The van der Waals surface area contributed by atoms with Crippen LogP contribution in [-0.2, 0) is 0 Å². The normalized spacial score (nSPS) is 10.8. The van der Waals surface area contributed by atoms with E-state index < -0.39 is 0 Å². The van der Waals surface area contributed by atoms with E-state index in [0.717, 1.165) is 37.6 Å². The van der Waals surface area contributed by atoms with Gasteiger partial charge in [-0.2, -0.15) is 0 Å². The molecule has 0 aromatic carbocycles. The highest BCUT2D eigenvalue weighted by molar-refractivity contribution is 7.21. The Hall–Kier alpha value is -1.00. The number of hydrogen-bond donors (Lipinski definition) is 0. The van der Waals surface area contributed by atoms with Crippen molar-refractivity contribution in [3.63, 3.8) is 0 Å². The smallest absolute Gasteiger partial charge is 0.138 e. The highest BCUT2D eigenvalue weighted by atomic mass is 32.1. The van der Waals surface area contributed by atoms with Crippen molar-refractivity contribution in [1.82, 2.24) is 0 Å². The highest BCUT2D eigenvalue weighted by Crippen LogP contribution is 2.44. The van der Waals surface area contributed by atoms with Gasteiger partial charge in [0.25, 0.3) is 0 Å². The topological polar surface area (TPSA) is 18.5 Å². The van der Waals surface area contributed by atoms with Crippen LogP contribution < -0.4 is 9.47 Å². The predicted octanol–water partition coefficient (Wildman–Crippen LogP) is 6.61. The Balaban J connectivity index is 1.97. The quantitative estimate of drug-likeness (QED) is 0.429. The maximum atomic E-state index is 5.96. The number of hydrogen-bond acceptors (Lipinski definition) is 4. The minimum Gasteiger partial charge on any atom is -0.492 e. The van der Waals surface area contributed by atoms with Crippen LogP contribution in [0.3, 0.4) is 0 Å². The molecule has 0 bridgehead atoms. The Bertz CT molecular complexity index is 482. The van der Waals surface area contributed by atoms with E-state index in [9.17, 15) is 0 Å². The molecule has 0 saturated carbocycles. The lowest BCUT2D eigenvalue weighted by Crippen LogP contribution is -1.98. The first-order valence-electron chi connectivity index (χ1n) is 8.27. The molecule has 0 radical (unpaired) electrons. The summed E-state index contributed by atoms with van der Waals surface area (Å²) in [4.78, 5) is 2.41. The van der Waals surface area contributed by atoms with Gasteiger partial charge >= 0.3 is 0 Å². The third-order valence-corrected chi connectivity index (χ3v) is 5.43. The predicted molar refractivity (Wildman–Crippen MR) is 97.7 cm³/mol. The van der Waals surface area contributed by atoms with Gasteiger partial charge in [-0.25, -0.2) is 0 Å². The van der Waals surface area contributed by atoms with E-state index in [4.69, 9.17) is 9.47 Å². The second-order valence-electron chi connectivity index (χ2n) is 5.34. The molecule has 2 aromatic rings. The van der Waals surface area contributed by atoms with E-state index in [1.165, 1.54) is 35.4 Å². The molecule has 4 heteroatoms. The summed E-state index contributed by atoms with van der Waals surface area (Å²) in [7, 11) is 0. The van der Waals surface area contributed by atoms with Crippen molar-refractivity contribution in [2.24, 2.45) is 0 Å². The Labute approximate surface area is 142 Å². The van der Waals surface area contributed by atoms with Crippen LogP contribution in [0.1, 0.15) is 52.4 Å². The molecule has 2 heterocycles. The maximum Gasteiger partial charge on any atom is 0.138 e. The molecule has 22 heavy (non-hydrogen) atoms. The van der Waals surface area contributed by atoms with Gasteiger partial charge in [0.2, 0.25) is 0 Å². The van der Waals surface area contributed by atoms with Crippen LogP contribution in [0.4, 0.5) is 0 Å². The zero-order valence-corrected chi connectivity index (χ0v) is 15.2. The standard InChI is InChI=1S/C18H26O2S2/c1-3-5-7-11-19-15-9-13-21-17(15)18-16(10-14-22-18)20-12-8-6-4-2/h9-10,13-14H,3-8,11-12H2,1-2H3. The van der Waals surface area contributed by atoms with Crippen LogP contribution in [0.15, 0.2) is 22.9 Å². The van der Waals surface area contributed by atoms with E-state index in [1.807, 2.05) is 0 Å². The second-order valence-corrected chi connectivity index (χ2v) is 7.17. The Morgan fingerprint density at radius 2 is 1.18 bits per heavy atom. The molecular weight excluding hydrogens is 312 g/mol. The van der Waals surface area contributed by atoms with E-state index in [1.54, 1.807) is 22.7 Å². The van der Waals surface area contributed by atoms with Crippen molar-refractivity contribution in [2.75, 3.05) is 13.2 Å². The fourth-order valence-corrected chi connectivity index (χ4v) is 4.07. The van der Waals surface area contributed by atoms with Gasteiger partial charge in [0, 0.05) is 0 Å². The van der Waals surface area contributed by atoms with Crippen molar-refractivity contribution >= 4 is 22.7 Å². The minimum atomic E-state index is 0.801. The molecule has 0 N–H and O–H groups in total. The average Bonchev–Trinajstić information content (AvgIpc) is 3.16. The number of ether oxygens (including phenoxy) is 2. The van der Waals surface area contributed by atoms with Crippen molar-refractivity contribution in [1.29, 1.82) is 0 Å². The molecule has 122 valence electrons. The first-order chi connectivity index (χ1) is 10.9. The number of thiophene rings is 2. The first kappa shape index (κ1) is 17.4. The summed E-state index contributed by atoms with van der Waals surface area (Å²) >= 11 is 3.47. The summed E-state index contributed by atoms with van der Waals surface area (Å²) < 4.78 is 11.9. The molecule has 0 saturated heterocycles. The molecule has 0 unspecified atom stereocenters. The molecule has 0 aliphatic heterocycles. The summed E-state index contributed by atoms with van der Waals surface area (Å²) in [6.45, 7) is 6.03. The zero-order chi connectivity index (χ0) is 15.6. The molecule has 0 aliphatic carbocycles. The van der Waals surface area contributed by atoms with Gasteiger partial charge in [-0.15, -0.1) is 22.7 Å². The van der Waals surface area contributed by atoms with Crippen LogP contribution in [0.5, 0.6) is 11.5 Å². The minimum absolute atomic E-state index is 0.801. The molecule has 2 rings (SSSR count). The maximum absolute atomic E-state index is 5.96. The largest absolute Gasteiger partial charge is 0.492 e. The third kappa shape index (κ3) is 5.03. The first-order valence-corrected chi connectivity index (χ1v) is 10.0. The van der Waals surface area contributed by atoms with Crippen LogP contribution in [0, 0.1) is 0 Å². The number of unbranched alkanes of at least 4 members (excludes halogenated alkanes) is 4. The summed E-state index contributed by atoms with van der Waals surface area (Å²) in [5, 5.41) is 4.20. The van der Waals surface area contributed by atoms with Crippen LogP contribution in [-0.4, -0.2) is 13.2 Å². The molecule has 0 fully saturated rings. The highest BCUT2D eigenvalue weighted by Gasteiger charge is 2.15. The number of rotatable bonds is 11. The monoisotopic (exact) mass is 338 g/mol. The lowest BCUT2D eigenvalue weighted by Gasteiger charge is -2.09. The zero-order valence-electron chi connectivity index (χ0n) is 13.6. The SMILES string of the molecule is CCCCCOc1ccsc1-c1sccc1OCCCCC. The Kier molecular flexibility index (Phi) is 7.81. The molecule has 0 aliphatic rings. The van der Waals surface area contributed by atoms with Crippen LogP contribution in [0.25, 0.3) is 9.75 Å². The average molecular weight is 339 g/mol. The fourth-order valence-electron chi connectivity index (χ4n) is 2.22. The van der Waals surface area contributed by atoms with E-state index >= 15 is 0 Å². The lowest BCUT2D eigenvalue weighted by atomic mass is 10.2. The summed E-state index contributed by atoms with van der Waals surface area (Å²) in [6.07, 6.45) is 7.14. The Morgan fingerprint density at radius 3 is 1.59 bits per heavy atom. The van der Waals surface area contributed by atoms with Crippen LogP contribution >= 0.6 is 22.7 Å². The van der Waals surface area contributed by atoms with Gasteiger partial charge < -0.3 is 9.47 Å². The fraction of sp³-hybridized carbons (Fsp3) is 0.556. The van der Waals surface area contributed by atoms with Crippen molar-refractivity contribution < 1.29 is 9.47 Å². The molecule has 0 spiro atoms. The van der Waals surface area contributed by atoms with Crippen molar-refractivity contribution in [3.05, 3.63) is 22.9 Å². The van der Waals surface area contributed by atoms with E-state index in [-0.39, 0.29) is 0 Å². The molecule has 2 nitrogen and oxygen atoms in total. The third-order valence-electron chi connectivity index (χ3n) is 3.48. The molecular formula is C18H26O2S2.